The summed E-state index contributed by atoms with van der Waals surface area (Å²) in [6.45, 7) is 1.83. The second kappa shape index (κ2) is 6.10. The van der Waals surface area contributed by atoms with E-state index in [1.807, 2.05) is 18.7 Å². The van der Waals surface area contributed by atoms with Gasteiger partial charge in [-0.1, -0.05) is 11.6 Å². The van der Waals surface area contributed by atoms with Gasteiger partial charge in [0.2, 0.25) is 5.91 Å². The molecule has 0 aromatic heterocycles. The normalized spacial score (nSPS) is 16.1. The van der Waals surface area contributed by atoms with E-state index in [4.69, 9.17) is 5.11 Å². The second-order valence-corrected chi connectivity index (χ2v) is 5.95. The number of benzene rings is 1. The number of aromatic carboxylic acids is 1. The molecule has 1 aromatic carbocycles. The molecule has 1 amide bonds. The monoisotopic (exact) mass is 279 g/mol. The lowest BCUT2D eigenvalue weighted by molar-refractivity contribution is -0.120. The van der Waals surface area contributed by atoms with Gasteiger partial charge in [-0.15, -0.1) is 0 Å². The van der Waals surface area contributed by atoms with Crippen LogP contribution >= 0.6 is 11.8 Å². The van der Waals surface area contributed by atoms with Crippen LogP contribution in [0.1, 0.15) is 28.8 Å². The fourth-order valence-corrected chi connectivity index (χ4v) is 3.25. The summed E-state index contributed by atoms with van der Waals surface area (Å²) in [7, 11) is 0. The molecule has 4 nitrogen and oxygen atoms in total. The highest BCUT2D eigenvalue weighted by atomic mass is 32.2. The molecule has 1 aliphatic rings. The Kier molecular flexibility index (Phi) is 4.47. The van der Waals surface area contributed by atoms with Gasteiger partial charge >= 0.3 is 5.97 Å². The lowest BCUT2D eigenvalue weighted by atomic mass is 10.0. The zero-order valence-electron chi connectivity index (χ0n) is 10.8. The molecule has 19 heavy (non-hydrogen) atoms. The molecule has 1 heterocycles. The molecular weight excluding hydrogens is 262 g/mol. The van der Waals surface area contributed by atoms with Gasteiger partial charge in [-0.05, 0) is 43.4 Å². The first-order valence-electron chi connectivity index (χ1n) is 6.30. The van der Waals surface area contributed by atoms with Crippen LogP contribution in [0.25, 0.3) is 0 Å². The van der Waals surface area contributed by atoms with E-state index >= 15 is 0 Å². The second-order valence-electron chi connectivity index (χ2n) is 4.73. The summed E-state index contributed by atoms with van der Waals surface area (Å²) in [5, 5.41) is 11.9. The first-order valence-corrected chi connectivity index (χ1v) is 7.46. The topological polar surface area (TPSA) is 66.4 Å². The number of carboxylic acids is 1. The predicted octanol–water partition coefficient (Wildman–Crippen LogP) is 2.77. The molecule has 2 N–H and O–H groups in total. The van der Waals surface area contributed by atoms with Gasteiger partial charge in [0.15, 0.2) is 0 Å². The Morgan fingerprint density at radius 3 is 2.63 bits per heavy atom. The Morgan fingerprint density at radius 1 is 1.32 bits per heavy atom. The Labute approximate surface area is 116 Å². The van der Waals surface area contributed by atoms with Crippen molar-refractivity contribution in [2.45, 2.75) is 19.8 Å². The van der Waals surface area contributed by atoms with Crippen molar-refractivity contribution in [2.24, 2.45) is 5.92 Å². The fourth-order valence-electron chi connectivity index (χ4n) is 2.14. The van der Waals surface area contributed by atoms with Crippen LogP contribution in [0.3, 0.4) is 0 Å². The van der Waals surface area contributed by atoms with Crippen LogP contribution in [0.5, 0.6) is 0 Å². The number of carboxylic acid groups (broad SMARTS) is 1. The average Bonchev–Trinajstić information content (AvgIpc) is 2.41. The van der Waals surface area contributed by atoms with Crippen molar-refractivity contribution in [2.75, 3.05) is 16.8 Å². The molecule has 0 spiro atoms. The summed E-state index contributed by atoms with van der Waals surface area (Å²) in [5.41, 5.74) is 1.41. The number of amides is 1. The molecular formula is C14H17NO3S. The van der Waals surface area contributed by atoms with Crippen molar-refractivity contribution in [3.05, 3.63) is 29.3 Å². The number of anilines is 1. The van der Waals surface area contributed by atoms with Crippen molar-refractivity contribution >= 4 is 29.3 Å². The standard InChI is InChI=1S/C14H17NO3S/c1-9-2-3-12(11(8-9)14(17)18)15-13(16)10-4-6-19-7-5-10/h2-3,8,10H,4-7H2,1H3,(H,15,16)(H,17,18). The number of aryl methyl sites for hydroxylation is 1. The average molecular weight is 279 g/mol. The summed E-state index contributed by atoms with van der Waals surface area (Å²) in [5.74, 6) is 0.921. The van der Waals surface area contributed by atoms with Crippen molar-refractivity contribution in [3.8, 4) is 0 Å². The lowest BCUT2D eigenvalue weighted by Crippen LogP contribution is -2.27. The van der Waals surface area contributed by atoms with Crippen molar-refractivity contribution < 1.29 is 14.7 Å². The highest BCUT2D eigenvalue weighted by Crippen LogP contribution is 2.25. The summed E-state index contributed by atoms with van der Waals surface area (Å²) >= 11 is 1.86. The van der Waals surface area contributed by atoms with E-state index in [1.165, 1.54) is 0 Å². The molecule has 2 rings (SSSR count). The third-order valence-corrected chi connectivity index (χ3v) is 4.30. The smallest absolute Gasteiger partial charge is 0.337 e. The molecule has 0 unspecified atom stereocenters. The Hall–Kier alpha value is -1.49. The van der Waals surface area contributed by atoms with Gasteiger partial charge in [-0.25, -0.2) is 4.79 Å². The van der Waals surface area contributed by atoms with Gasteiger partial charge in [0, 0.05) is 5.92 Å². The van der Waals surface area contributed by atoms with E-state index < -0.39 is 5.97 Å². The summed E-state index contributed by atoms with van der Waals surface area (Å²) < 4.78 is 0. The Morgan fingerprint density at radius 2 is 2.00 bits per heavy atom. The van der Waals surface area contributed by atoms with E-state index in [9.17, 15) is 9.59 Å². The maximum Gasteiger partial charge on any atom is 0.337 e. The lowest BCUT2D eigenvalue weighted by Gasteiger charge is -2.21. The molecule has 0 aliphatic carbocycles. The van der Waals surface area contributed by atoms with E-state index in [0.29, 0.717) is 5.69 Å². The van der Waals surface area contributed by atoms with Gasteiger partial charge in [-0.2, -0.15) is 11.8 Å². The predicted molar refractivity (Wildman–Crippen MR) is 76.8 cm³/mol. The molecule has 102 valence electrons. The van der Waals surface area contributed by atoms with Crippen LogP contribution in [0.4, 0.5) is 5.69 Å². The number of rotatable bonds is 3. The highest BCUT2D eigenvalue weighted by Gasteiger charge is 2.22. The van der Waals surface area contributed by atoms with Gasteiger partial charge < -0.3 is 10.4 Å². The minimum Gasteiger partial charge on any atom is -0.478 e. The maximum atomic E-state index is 12.1. The van der Waals surface area contributed by atoms with E-state index in [2.05, 4.69) is 5.32 Å². The number of carbonyl (C=O) groups excluding carboxylic acids is 1. The van der Waals surface area contributed by atoms with Gasteiger partial charge in [-0.3, -0.25) is 4.79 Å². The quantitative estimate of drug-likeness (QED) is 0.893. The van der Waals surface area contributed by atoms with E-state index in [1.54, 1.807) is 18.2 Å². The van der Waals surface area contributed by atoms with Crippen molar-refractivity contribution in [3.63, 3.8) is 0 Å². The minimum absolute atomic E-state index is 0.00389. The summed E-state index contributed by atoms with van der Waals surface area (Å²) in [6.07, 6.45) is 1.73. The van der Waals surface area contributed by atoms with Crippen LogP contribution in [-0.2, 0) is 4.79 Å². The van der Waals surface area contributed by atoms with Gasteiger partial charge in [0.25, 0.3) is 0 Å². The first-order chi connectivity index (χ1) is 9.08. The maximum absolute atomic E-state index is 12.1. The summed E-state index contributed by atoms with van der Waals surface area (Å²) in [6, 6.07) is 5.04. The molecule has 0 atom stereocenters. The number of hydrogen-bond donors (Lipinski definition) is 2. The molecule has 1 aromatic rings. The number of thioether (sulfide) groups is 1. The largest absolute Gasteiger partial charge is 0.478 e. The number of carbonyl (C=O) groups is 2. The SMILES string of the molecule is Cc1ccc(NC(=O)C2CCSCC2)c(C(=O)O)c1. The molecule has 1 aliphatic heterocycles. The number of hydrogen-bond acceptors (Lipinski definition) is 3. The summed E-state index contributed by atoms with van der Waals surface area (Å²) in [4.78, 5) is 23.3. The molecule has 5 heteroatoms. The molecule has 1 saturated heterocycles. The van der Waals surface area contributed by atoms with Gasteiger partial charge in [0.1, 0.15) is 0 Å². The first kappa shape index (κ1) is 13.9. The third kappa shape index (κ3) is 3.50. The Bertz CT molecular complexity index is 495. The van der Waals surface area contributed by atoms with Gasteiger partial charge in [0.05, 0.1) is 11.3 Å². The molecule has 1 fully saturated rings. The van der Waals surface area contributed by atoms with E-state index in [0.717, 1.165) is 29.9 Å². The Balaban J connectivity index is 2.13. The van der Waals surface area contributed by atoms with Crippen LogP contribution in [0.2, 0.25) is 0 Å². The van der Waals surface area contributed by atoms with Crippen molar-refractivity contribution in [1.29, 1.82) is 0 Å². The highest BCUT2D eigenvalue weighted by molar-refractivity contribution is 7.99. The van der Waals surface area contributed by atoms with Crippen LogP contribution in [0.15, 0.2) is 18.2 Å². The van der Waals surface area contributed by atoms with E-state index in [-0.39, 0.29) is 17.4 Å². The van der Waals surface area contributed by atoms with Crippen LogP contribution in [-0.4, -0.2) is 28.5 Å². The number of nitrogens with one attached hydrogen (secondary N) is 1. The van der Waals surface area contributed by atoms with Crippen LogP contribution in [0, 0.1) is 12.8 Å². The molecule has 0 saturated carbocycles. The third-order valence-electron chi connectivity index (χ3n) is 3.26. The van der Waals surface area contributed by atoms with Crippen LogP contribution < -0.4 is 5.32 Å². The molecule has 0 radical (unpaired) electrons. The fraction of sp³-hybridized carbons (Fsp3) is 0.429. The zero-order valence-corrected chi connectivity index (χ0v) is 11.6. The zero-order chi connectivity index (χ0) is 13.8. The van der Waals surface area contributed by atoms with Crippen molar-refractivity contribution in [1.82, 2.24) is 0 Å². The molecule has 0 bridgehead atoms. The minimum atomic E-state index is -1.02.